The van der Waals surface area contributed by atoms with Crippen LogP contribution in [-0.4, -0.2) is 43.8 Å². The highest BCUT2D eigenvalue weighted by Crippen LogP contribution is 2.58. The van der Waals surface area contributed by atoms with E-state index in [4.69, 9.17) is 9.47 Å². The first-order valence-corrected chi connectivity index (χ1v) is 14.2. The van der Waals surface area contributed by atoms with Crippen LogP contribution in [0.5, 0.6) is 11.5 Å². The first kappa shape index (κ1) is 26.7. The first-order chi connectivity index (χ1) is 20.9. The molecule has 3 aliphatic rings. The largest absolute Gasteiger partial charge is 0.497 e. The Morgan fingerprint density at radius 2 is 1.51 bits per heavy atom. The van der Waals surface area contributed by atoms with E-state index in [0.29, 0.717) is 33.9 Å². The number of nitrogens with one attached hydrogen (secondary N) is 1. The van der Waals surface area contributed by atoms with E-state index in [0.717, 1.165) is 16.8 Å². The number of carbonyl (C=O) groups is 3. The number of fused-ring (bicyclic) bond motifs is 6. The summed E-state index contributed by atoms with van der Waals surface area (Å²) in [7, 11) is 3.12. The zero-order chi connectivity index (χ0) is 29.9. The van der Waals surface area contributed by atoms with Gasteiger partial charge in [-0.25, -0.2) is 0 Å². The Morgan fingerprint density at radius 3 is 2.28 bits per heavy atom. The van der Waals surface area contributed by atoms with Crippen LogP contribution in [0.1, 0.15) is 38.8 Å². The molecule has 7 heteroatoms. The summed E-state index contributed by atoms with van der Waals surface area (Å²) >= 11 is 0. The minimum Gasteiger partial charge on any atom is -0.497 e. The molecule has 0 saturated carbocycles. The quantitative estimate of drug-likeness (QED) is 0.289. The van der Waals surface area contributed by atoms with Crippen molar-refractivity contribution in [1.82, 2.24) is 0 Å². The number of carbonyl (C=O) groups excluding carboxylic acids is 3. The Balaban J connectivity index is 1.53. The van der Waals surface area contributed by atoms with Crippen LogP contribution in [-0.2, 0) is 10.2 Å². The van der Waals surface area contributed by atoms with E-state index in [-0.39, 0.29) is 17.5 Å². The summed E-state index contributed by atoms with van der Waals surface area (Å²) in [5, 5.41) is 3.08. The van der Waals surface area contributed by atoms with Crippen LogP contribution >= 0.6 is 0 Å². The fourth-order valence-electron chi connectivity index (χ4n) is 7.27. The van der Waals surface area contributed by atoms with Crippen LogP contribution in [0, 0.1) is 5.92 Å². The molecule has 0 aromatic heterocycles. The number of para-hydroxylation sites is 2. The average Bonchev–Trinajstić information content (AvgIpc) is 3.52. The molecule has 43 heavy (non-hydrogen) atoms. The lowest BCUT2D eigenvalue weighted by Gasteiger charge is -2.39. The van der Waals surface area contributed by atoms with Gasteiger partial charge < -0.3 is 19.7 Å². The Labute approximate surface area is 249 Å². The van der Waals surface area contributed by atoms with Crippen molar-refractivity contribution in [2.45, 2.75) is 24.4 Å². The zero-order valence-corrected chi connectivity index (χ0v) is 24.0. The number of methoxy groups -OCH3 is 2. The van der Waals surface area contributed by atoms with Crippen molar-refractivity contribution in [3.8, 4) is 11.5 Å². The van der Waals surface area contributed by atoms with E-state index in [2.05, 4.69) is 11.4 Å². The van der Waals surface area contributed by atoms with Gasteiger partial charge in [-0.1, -0.05) is 54.6 Å². The summed E-state index contributed by atoms with van der Waals surface area (Å²) in [5.74, 6) is -0.743. The van der Waals surface area contributed by atoms with Gasteiger partial charge in [0.2, 0.25) is 5.91 Å². The number of anilines is 2. The van der Waals surface area contributed by atoms with Crippen molar-refractivity contribution in [3.63, 3.8) is 0 Å². The highest BCUT2D eigenvalue weighted by Gasteiger charge is 2.70. The monoisotopic (exact) mass is 570 g/mol. The Bertz CT molecular complexity index is 1830. The standard InChI is InChI=1S/C36H30N2O5/c1-21-19-30-36(27-12-5-6-13-28(27)37-35(36)41)31(33(39)22-15-17-24(42-2)18-16-22)32(38(30)29-14-7-4-11-26(21)29)34(40)23-9-8-10-25(20-23)43-3/h4-20,30-32H,1-3H3,(H,37,41)/t30-,31+,32-,36+/m1/s1. The molecule has 0 aliphatic carbocycles. The number of allylic oxidation sites excluding steroid dienone is 1. The third-order valence-corrected chi connectivity index (χ3v) is 9.16. The molecule has 1 N–H and O–H groups in total. The summed E-state index contributed by atoms with van der Waals surface area (Å²) in [6.07, 6.45) is 2.05. The Hall–Kier alpha value is -5.17. The van der Waals surface area contributed by atoms with E-state index < -0.39 is 23.4 Å². The number of ketones is 2. The molecular weight excluding hydrogens is 540 g/mol. The minimum absolute atomic E-state index is 0.257. The average molecular weight is 571 g/mol. The molecule has 1 spiro atoms. The molecule has 1 saturated heterocycles. The Morgan fingerprint density at radius 1 is 0.791 bits per heavy atom. The third-order valence-electron chi connectivity index (χ3n) is 9.16. The number of nitrogens with zero attached hydrogens (tertiary/aromatic N) is 1. The second kappa shape index (κ2) is 9.98. The lowest BCUT2D eigenvalue weighted by atomic mass is 9.64. The number of hydrogen-bond acceptors (Lipinski definition) is 6. The maximum Gasteiger partial charge on any atom is 0.238 e. The molecular formula is C36H30N2O5. The third kappa shape index (κ3) is 3.77. The van der Waals surface area contributed by atoms with Gasteiger partial charge in [0.15, 0.2) is 11.6 Å². The molecule has 0 radical (unpaired) electrons. The van der Waals surface area contributed by atoms with Gasteiger partial charge in [-0.3, -0.25) is 14.4 Å². The van der Waals surface area contributed by atoms with Crippen molar-refractivity contribution >= 4 is 34.4 Å². The van der Waals surface area contributed by atoms with Crippen LogP contribution in [0.2, 0.25) is 0 Å². The number of Topliss-reactive ketones (excluding diaryl/α,β-unsaturated/α-hetero) is 2. The van der Waals surface area contributed by atoms with Crippen molar-refractivity contribution in [2.75, 3.05) is 24.4 Å². The van der Waals surface area contributed by atoms with E-state index in [1.807, 2.05) is 60.4 Å². The molecule has 214 valence electrons. The van der Waals surface area contributed by atoms with Gasteiger partial charge >= 0.3 is 0 Å². The van der Waals surface area contributed by atoms with Gasteiger partial charge in [-0.05, 0) is 66.6 Å². The predicted molar refractivity (Wildman–Crippen MR) is 165 cm³/mol. The molecule has 3 heterocycles. The number of rotatable bonds is 6. The van der Waals surface area contributed by atoms with Crippen LogP contribution in [0.4, 0.5) is 11.4 Å². The topological polar surface area (TPSA) is 84.9 Å². The van der Waals surface area contributed by atoms with Gasteiger partial charge in [0.25, 0.3) is 0 Å². The highest BCUT2D eigenvalue weighted by molar-refractivity contribution is 6.18. The van der Waals surface area contributed by atoms with Gasteiger partial charge in [0.05, 0.1) is 26.2 Å². The second-order valence-corrected chi connectivity index (χ2v) is 11.2. The smallest absolute Gasteiger partial charge is 0.238 e. The molecule has 1 fully saturated rings. The summed E-state index contributed by atoms with van der Waals surface area (Å²) in [5.41, 5.74) is 3.56. The van der Waals surface area contributed by atoms with Crippen molar-refractivity contribution in [3.05, 3.63) is 125 Å². The number of ether oxygens (including phenoxy) is 2. The number of amides is 1. The molecule has 7 nitrogen and oxygen atoms in total. The first-order valence-electron chi connectivity index (χ1n) is 14.2. The molecule has 1 amide bonds. The maximum atomic E-state index is 14.9. The number of benzene rings is 4. The van der Waals surface area contributed by atoms with E-state index >= 15 is 0 Å². The molecule has 4 aromatic carbocycles. The fourth-order valence-corrected chi connectivity index (χ4v) is 7.27. The molecule has 4 aromatic rings. The molecule has 4 atom stereocenters. The summed E-state index contributed by atoms with van der Waals surface area (Å²) in [6, 6.07) is 27.6. The van der Waals surface area contributed by atoms with Gasteiger partial charge in [-0.2, -0.15) is 0 Å². The molecule has 0 bridgehead atoms. The van der Waals surface area contributed by atoms with Crippen LogP contribution in [0.3, 0.4) is 0 Å². The normalized spacial score (nSPS) is 23.1. The molecule has 3 aliphatic heterocycles. The Kier molecular flexibility index (Phi) is 6.20. The molecule has 0 unspecified atom stereocenters. The van der Waals surface area contributed by atoms with Crippen molar-refractivity contribution in [1.29, 1.82) is 0 Å². The highest BCUT2D eigenvalue weighted by atomic mass is 16.5. The van der Waals surface area contributed by atoms with E-state index in [1.54, 1.807) is 62.8 Å². The van der Waals surface area contributed by atoms with Gasteiger partial charge in [0.1, 0.15) is 23.0 Å². The van der Waals surface area contributed by atoms with E-state index in [1.165, 1.54) is 0 Å². The summed E-state index contributed by atoms with van der Waals surface area (Å²) in [6.45, 7) is 2.01. The van der Waals surface area contributed by atoms with Crippen LogP contribution in [0.25, 0.3) is 5.57 Å². The van der Waals surface area contributed by atoms with Gasteiger partial charge in [0, 0.05) is 28.1 Å². The van der Waals surface area contributed by atoms with Crippen LogP contribution in [0.15, 0.2) is 103 Å². The summed E-state index contributed by atoms with van der Waals surface area (Å²) < 4.78 is 10.8. The van der Waals surface area contributed by atoms with Crippen LogP contribution < -0.4 is 19.7 Å². The lowest BCUT2D eigenvalue weighted by molar-refractivity contribution is -0.121. The summed E-state index contributed by atoms with van der Waals surface area (Å²) in [4.78, 5) is 46.3. The van der Waals surface area contributed by atoms with E-state index in [9.17, 15) is 14.4 Å². The van der Waals surface area contributed by atoms with Crippen molar-refractivity contribution in [2.24, 2.45) is 5.92 Å². The van der Waals surface area contributed by atoms with Gasteiger partial charge in [-0.15, -0.1) is 0 Å². The maximum absolute atomic E-state index is 14.9. The predicted octanol–water partition coefficient (Wildman–Crippen LogP) is 5.95. The second-order valence-electron chi connectivity index (χ2n) is 11.2. The van der Waals surface area contributed by atoms with Crippen molar-refractivity contribution < 1.29 is 23.9 Å². The lowest BCUT2D eigenvalue weighted by Crippen LogP contribution is -2.51. The zero-order valence-electron chi connectivity index (χ0n) is 24.0. The number of hydrogen-bond donors (Lipinski definition) is 1. The minimum atomic E-state index is -1.37. The SMILES string of the molecule is COc1ccc(C(=O)[C@@H]2[C@H](C(=O)c3cccc(OC)c3)N3c4ccccc4C(C)=C[C@@H]3[C@]23C(=O)Nc2ccccc23)cc1. The molecule has 7 rings (SSSR count). The fraction of sp³-hybridized carbons (Fsp3) is 0.194.